The molecule has 0 saturated carbocycles. The number of amides is 1. The standard InChI is InChI=1S/C15H20N2O5S/c1-15(2)14(18)17-12-8-11(5-6-13(12)22-15)23(19,20)16-9-10-4-3-7-21-10/h5-6,8,10,16H,3-4,7,9H2,1-2H3,(H,17,18). The number of hydrogen-bond donors (Lipinski definition) is 2. The van der Waals surface area contributed by atoms with Crippen molar-refractivity contribution in [3.8, 4) is 5.75 Å². The highest BCUT2D eigenvalue weighted by molar-refractivity contribution is 7.89. The van der Waals surface area contributed by atoms with Gasteiger partial charge in [-0.2, -0.15) is 0 Å². The highest BCUT2D eigenvalue weighted by atomic mass is 32.2. The van der Waals surface area contributed by atoms with Crippen LogP contribution in [0.5, 0.6) is 5.75 Å². The Morgan fingerprint density at radius 3 is 2.87 bits per heavy atom. The van der Waals surface area contributed by atoms with Crippen LogP contribution in [0.2, 0.25) is 0 Å². The van der Waals surface area contributed by atoms with E-state index in [1.807, 2.05) is 0 Å². The van der Waals surface area contributed by atoms with Gasteiger partial charge in [0.05, 0.1) is 16.7 Å². The Labute approximate surface area is 135 Å². The highest BCUT2D eigenvalue weighted by Gasteiger charge is 2.35. The van der Waals surface area contributed by atoms with Crippen molar-refractivity contribution in [3.63, 3.8) is 0 Å². The molecule has 0 aliphatic carbocycles. The van der Waals surface area contributed by atoms with E-state index in [0.717, 1.165) is 12.8 Å². The largest absolute Gasteiger partial charge is 0.476 e. The molecular weight excluding hydrogens is 320 g/mol. The Kier molecular flexibility index (Phi) is 4.07. The van der Waals surface area contributed by atoms with Gasteiger partial charge in [-0.3, -0.25) is 4.79 Å². The van der Waals surface area contributed by atoms with Crippen molar-refractivity contribution in [1.82, 2.24) is 4.72 Å². The molecule has 1 amide bonds. The molecule has 0 bridgehead atoms. The van der Waals surface area contributed by atoms with E-state index in [0.29, 0.717) is 18.0 Å². The summed E-state index contributed by atoms with van der Waals surface area (Å²) in [5, 5.41) is 2.68. The average Bonchev–Trinajstić information content (AvgIpc) is 2.99. The number of anilines is 1. The number of rotatable bonds is 4. The quantitative estimate of drug-likeness (QED) is 0.860. The zero-order valence-electron chi connectivity index (χ0n) is 13.1. The summed E-state index contributed by atoms with van der Waals surface area (Å²) in [6, 6.07) is 4.42. The second-order valence-corrected chi connectivity index (χ2v) is 7.98. The van der Waals surface area contributed by atoms with Crippen LogP contribution in [0.25, 0.3) is 0 Å². The summed E-state index contributed by atoms with van der Waals surface area (Å²) < 4.78 is 38.3. The zero-order chi connectivity index (χ0) is 16.7. The van der Waals surface area contributed by atoms with Crippen LogP contribution in [0.15, 0.2) is 23.1 Å². The number of carbonyl (C=O) groups excluding carboxylic acids is 1. The number of hydrogen-bond acceptors (Lipinski definition) is 5. The Morgan fingerprint density at radius 2 is 2.17 bits per heavy atom. The van der Waals surface area contributed by atoms with Crippen LogP contribution in [0.3, 0.4) is 0 Å². The van der Waals surface area contributed by atoms with E-state index in [2.05, 4.69) is 10.0 Å². The first-order valence-corrected chi connectivity index (χ1v) is 9.02. The number of fused-ring (bicyclic) bond motifs is 1. The third kappa shape index (κ3) is 3.34. The van der Waals surface area contributed by atoms with Gasteiger partial charge in [-0.1, -0.05) is 0 Å². The molecule has 2 aliphatic rings. The van der Waals surface area contributed by atoms with E-state index >= 15 is 0 Å². The van der Waals surface area contributed by atoms with Gasteiger partial charge in [-0.25, -0.2) is 13.1 Å². The molecule has 7 nitrogen and oxygen atoms in total. The van der Waals surface area contributed by atoms with Gasteiger partial charge < -0.3 is 14.8 Å². The molecule has 0 aromatic heterocycles. The fraction of sp³-hybridized carbons (Fsp3) is 0.533. The lowest BCUT2D eigenvalue weighted by molar-refractivity contribution is -0.129. The zero-order valence-corrected chi connectivity index (χ0v) is 13.9. The first-order valence-electron chi connectivity index (χ1n) is 7.54. The van der Waals surface area contributed by atoms with Gasteiger partial charge in [-0.15, -0.1) is 0 Å². The molecule has 1 aromatic carbocycles. The predicted octanol–water partition coefficient (Wildman–Crippen LogP) is 1.25. The third-order valence-corrected chi connectivity index (χ3v) is 5.37. The molecule has 1 saturated heterocycles. The molecule has 3 rings (SSSR count). The van der Waals surface area contributed by atoms with Gasteiger partial charge in [0, 0.05) is 13.2 Å². The van der Waals surface area contributed by atoms with Crippen molar-refractivity contribution >= 4 is 21.6 Å². The van der Waals surface area contributed by atoms with E-state index < -0.39 is 15.6 Å². The van der Waals surface area contributed by atoms with E-state index in [-0.39, 0.29) is 23.5 Å². The second-order valence-electron chi connectivity index (χ2n) is 6.21. The van der Waals surface area contributed by atoms with E-state index in [1.54, 1.807) is 19.9 Å². The van der Waals surface area contributed by atoms with E-state index in [4.69, 9.17) is 9.47 Å². The second kappa shape index (κ2) is 5.77. The molecule has 1 atom stereocenters. The summed E-state index contributed by atoms with van der Waals surface area (Å²) in [4.78, 5) is 12.0. The van der Waals surface area contributed by atoms with Gasteiger partial charge in [-0.05, 0) is 44.9 Å². The monoisotopic (exact) mass is 340 g/mol. The molecule has 23 heavy (non-hydrogen) atoms. The first kappa shape index (κ1) is 16.2. The number of carbonyl (C=O) groups is 1. The lowest BCUT2D eigenvalue weighted by Crippen LogP contribution is -2.45. The Hall–Kier alpha value is -1.64. The molecule has 1 aromatic rings. The van der Waals surface area contributed by atoms with Crippen LogP contribution in [-0.4, -0.2) is 39.2 Å². The topological polar surface area (TPSA) is 93.7 Å². The van der Waals surface area contributed by atoms with E-state index in [9.17, 15) is 13.2 Å². The summed E-state index contributed by atoms with van der Waals surface area (Å²) in [6.45, 7) is 4.22. The molecular formula is C15H20N2O5S. The lowest BCUT2D eigenvalue weighted by Gasteiger charge is -2.31. The van der Waals surface area contributed by atoms with Crippen LogP contribution >= 0.6 is 0 Å². The smallest absolute Gasteiger partial charge is 0.268 e. The third-order valence-electron chi connectivity index (χ3n) is 3.95. The number of sulfonamides is 1. The summed E-state index contributed by atoms with van der Waals surface area (Å²) in [5.74, 6) is 0.138. The van der Waals surface area contributed by atoms with Crippen LogP contribution in [0, 0.1) is 0 Å². The maximum Gasteiger partial charge on any atom is 0.268 e. The van der Waals surface area contributed by atoms with Gasteiger partial charge in [0.1, 0.15) is 5.75 Å². The average molecular weight is 340 g/mol. The summed E-state index contributed by atoms with van der Waals surface area (Å²) in [5.41, 5.74) is -0.625. The fourth-order valence-corrected chi connectivity index (χ4v) is 3.64. The van der Waals surface area contributed by atoms with Crippen molar-refractivity contribution in [2.45, 2.75) is 43.3 Å². The molecule has 0 spiro atoms. The minimum Gasteiger partial charge on any atom is -0.476 e. The van der Waals surface area contributed by atoms with Gasteiger partial charge >= 0.3 is 0 Å². The molecule has 1 unspecified atom stereocenters. The lowest BCUT2D eigenvalue weighted by atomic mass is 10.1. The van der Waals surface area contributed by atoms with E-state index in [1.165, 1.54) is 12.1 Å². The Balaban J connectivity index is 1.78. The van der Waals surface area contributed by atoms with Crippen LogP contribution in [0.1, 0.15) is 26.7 Å². The number of benzene rings is 1. The maximum absolute atomic E-state index is 12.4. The van der Waals surface area contributed by atoms with Crippen molar-refractivity contribution in [1.29, 1.82) is 0 Å². The summed E-state index contributed by atoms with van der Waals surface area (Å²) in [7, 11) is -3.66. The minimum absolute atomic E-state index is 0.0776. The first-order chi connectivity index (χ1) is 10.8. The predicted molar refractivity (Wildman–Crippen MR) is 83.9 cm³/mol. The molecule has 2 N–H and O–H groups in total. The number of ether oxygens (including phenoxy) is 2. The number of nitrogens with one attached hydrogen (secondary N) is 2. The molecule has 0 radical (unpaired) electrons. The van der Waals surface area contributed by atoms with Crippen molar-refractivity contribution in [3.05, 3.63) is 18.2 Å². The fourth-order valence-electron chi connectivity index (χ4n) is 2.55. The van der Waals surface area contributed by atoms with Gasteiger partial charge in [0.2, 0.25) is 10.0 Å². The van der Waals surface area contributed by atoms with Crippen LogP contribution in [0.4, 0.5) is 5.69 Å². The Bertz CT molecular complexity index is 723. The maximum atomic E-state index is 12.4. The van der Waals surface area contributed by atoms with Gasteiger partial charge in [0.15, 0.2) is 5.60 Å². The molecule has 2 heterocycles. The van der Waals surface area contributed by atoms with Gasteiger partial charge in [0.25, 0.3) is 5.91 Å². The van der Waals surface area contributed by atoms with Crippen molar-refractivity contribution < 1.29 is 22.7 Å². The van der Waals surface area contributed by atoms with Crippen LogP contribution < -0.4 is 14.8 Å². The molecule has 2 aliphatic heterocycles. The van der Waals surface area contributed by atoms with Crippen molar-refractivity contribution in [2.75, 3.05) is 18.5 Å². The minimum atomic E-state index is -3.66. The molecule has 8 heteroatoms. The summed E-state index contributed by atoms with van der Waals surface area (Å²) in [6.07, 6.45) is 1.72. The van der Waals surface area contributed by atoms with Crippen LogP contribution in [-0.2, 0) is 19.6 Å². The highest BCUT2D eigenvalue weighted by Crippen LogP contribution is 2.35. The SMILES string of the molecule is CC1(C)Oc2ccc(S(=O)(=O)NCC3CCCO3)cc2NC1=O. The summed E-state index contributed by atoms with van der Waals surface area (Å²) >= 11 is 0. The molecule has 126 valence electrons. The normalized spacial score (nSPS) is 23.0. The van der Waals surface area contributed by atoms with Crippen molar-refractivity contribution in [2.24, 2.45) is 0 Å². The molecule has 1 fully saturated rings. The Morgan fingerprint density at radius 1 is 1.39 bits per heavy atom.